The van der Waals surface area contributed by atoms with Crippen molar-refractivity contribution in [2.45, 2.75) is 6.04 Å². The van der Waals surface area contributed by atoms with Crippen molar-refractivity contribution >= 4 is 39.2 Å². The Bertz CT molecular complexity index is 692. The molecule has 2 aromatic rings. The molecule has 8 heteroatoms. The summed E-state index contributed by atoms with van der Waals surface area (Å²) in [6.07, 6.45) is 1.78. The van der Waals surface area contributed by atoms with E-state index in [2.05, 4.69) is 4.98 Å². The first-order valence-corrected chi connectivity index (χ1v) is 8.16. The van der Waals surface area contributed by atoms with Gasteiger partial charge in [0.25, 0.3) is 0 Å². The van der Waals surface area contributed by atoms with E-state index in [9.17, 15) is 13.9 Å². The number of fused-ring (bicyclic) bond motifs is 1. The summed E-state index contributed by atoms with van der Waals surface area (Å²) in [5, 5.41) is 0.841. The van der Waals surface area contributed by atoms with Gasteiger partial charge in [-0.05, 0) is 12.1 Å². The van der Waals surface area contributed by atoms with Crippen LogP contribution in [-0.2, 0) is 4.74 Å². The highest BCUT2D eigenvalue weighted by Gasteiger charge is 2.35. The lowest BCUT2D eigenvalue weighted by molar-refractivity contribution is 0.0603. The SMILES string of the molecule is COC(=O)c1cc(Cl)nc2c1ccn2C1CS(O)(O)C1. The molecule has 108 valence electrons. The van der Waals surface area contributed by atoms with Crippen LogP contribution in [0.5, 0.6) is 0 Å². The number of carbonyl (C=O) groups excluding carboxylic acids is 1. The molecular weight excluding hydrogens is 304 g/mol. The van der Waals surface area contributed by atoms with Gasteiger partial charge in [-0.1, -0.05) is 11.6 Å². The molecule has 1 aliphatic rings. The molecule has 0 aromatic carbocycles. The van der Waals surface area contributed by atoms with Crippen LogP contribution in [0, 0.1) is 0 Å². The molecule has 3 heterocycles. The lowest BCUT2D eigenvalue weighted by Crippen LogP contribution is -2.34. The van der Waals surface area contributed by atoms with Crippen molar-refractivity contribution in [1.82, 2.24) is 9.55 Å². The molecule has 1 fully saturated rings. The predicted molar refractivity (Wildman–Crippen MR) is 77.7 cm³/mol. The summed E-state index contributed by atoms with van der Waals surface area (Å²) < 4.78 is 25.5. The third kappa shape index (κ3) is 2.16. The van der Waals surface area contributed by atoms with Crippen molar-refractivity contribution in [2.24, 2.45) is 0 Å². The lowest BCUT2D eigenvalue weighted by Gasteiger charge is -2.47. The van der Waals surface area contributed by atoms with Gasteiger partial charge in [0.15, 0.2) is 0 Å². The molecule has 0 amide bonds. The van der Waals surface area contributed by atoms with Crippen molar-refractivity contribution in [3.63, 3.8) is 0 Å². The van der Waals surface area contributed by atoms with Gasteiger partial charge >= 0.3 is 5.97 Å². The second kappa shape index (κ2) is 4.63. The standard InChI is InChI=1S/C12H13ClN2O4S/c1-19-12(16)9-4-10(13)14-11-8(9)2-3-15(11)7-5-20(17,18)6-7/h2-4,7,17-18H,5-6H2,1H3. The van der Waals surface area contributed by atoms with Gasteiger partial charge in [0.2, 0.25) is 0 Å². The van der Waals surface area contributed by atoms with E-state index in [1.54, 1.807) is 12.3 Å². The molecule has 1 saturated heterocycles. The second-order valence-corrected chi connectivity index (χ2v) is 7.39. The molecule has 3 rings (SSSR count). The zero-order valence-electron chi connectivity index (χ0n) is 10.6. The number of hydrogen-bond acceptors (Lipinski definition) is 5. The van der Waals surface area contributed by atoms with E-state index in [0.29, 0.717) is 28.1 Å². The van der Waals surface area contributed by atoms with Crippen LogP contribution in [0.3, 0.4) is 0 Å². The van der Waals surface area contributed by atoms with Gasteiger partial charge in [0.05, 0.1) is 30.2 Å². The fourth-order valence-corrected chi connectivity index (χ4v) is 4.04. The average Bonchev–Trinajstić information content (AvgIpc) is 2.77. The van der Waals surface area contributed by atoms with E-state index in [-0.39, 0.29) is 11.2 Å². The molecule has 0 unspecified atom stereocenters. The third-order valence-corrected chi connectivity index (χ3v) is 5.40. The van der Waals surface area contributed by atoms with Crippen LogP contribution in [-0.4, -0.2) is 43.2 Å². The molecular formula is C12H13ClN2O4S. The third-order valence-electron chi connectivity index (χ3n) is 3.37. The molecule has 0 atom stereocenters. The van der Waals surface area contributed by atoms with E-state index < -0.39 is 16.6 Å². The summed E-state index contributed by atoms with van der Waals surface area (Å²) in [5.41, 5.74) is 0.907. The van der Waals surface area contributed by atoms with E-state index in [1.165, 1.54) is 13.2 Å². The van der Waals surface area contributed by atoms with Crippen LogP contribution in [0.25, 0.3) is 11.0 Å². The van der Waals surface area contributed by atoms with Crippen molar-refractivity contribution in [1.29, 1.82) is 0 Å². The largest absolute Gasteiger partial charge is 0.465 e. The summed E-state index contributed by atoms with van der Waals surface area (Å²) in [4.78, 5) is 16.0. The lowest BCUT2D eigenvalue weighted by atomic mass is 10.2. The summed E-state index contributed by atoms with van der Waals surface area (Å²) in [7, 11) is -1.13. The van der Waals surface area contributed by atoms with Gasteiger partial charge in [-0.15, -0.1) is 0 Å². The van der Waals surface area contributed by atoms with Crippen LogP contribution in [0.15, 0.2) is 18.3 Å². The minimum absolute atomic E-state index is 0.0334. The number of nitrogens with zero attached hydrogens (tertiary/aromatic N) is 2. The molecule has 6 nitrogen and oxygen atoms in total. The van der Waals surface area contributed by atoms with Crippen LogP contribution in [0.1, 0.15) is 16.4 Å². The molecule has 0 aliphatic carbocycles. The maximum absolute atomic E-state index is 11.8. The van der Waals surface area contributed by atoms with Crippen molar-refractivity contribution in [2.75, 3.05) is 18.6 Å². The predicted octanol–water partition coefficient (Wildman–Crippen LogP) is 2.78. The topological polar surface area (TPSA) is 84.6 Å². The molecule has 0 saturated carbocycles. The Morgan fingerprint density at radius 2 is 2.25 bits per heavy atom. The van der Waals surface area contributed by atoms with Crippen molar-refractivity contribution < 1.29 is 18.6 Å². The number of rotatable bonds is 2. The van der Waals surface area contributed by atoms with Crippen LogP contribution >= 0.6 is 22.2 Å². The molecule has 20 heavy (non-hydrogen) atoms. The quantitative estimate of drug-likeness (QED) is 0.657. The van der Waals surface area contributed by atoms with Crippen LogP contribution in [0.2, 0.25) is 5.15 Å². The summed E-state index contributed by atoms with van der Waals surface area (Å²) in [6.45, 7) is 0. The molecule has 2 N–H and O–H groups in total. The fraction of sp³-hybridized carbons (Fsp3) is 0.333. The number of ether oxygens (including phenoxy) is 1. The normalized spacial score (nSPS) is 19.6. The molecule has 0 bridgehead atoms. The minimum atomic E-state index is -2.44. The maximum atomic E-state index is 11.8. The van der Waals surface area contributed by atoms with E-state index in [0.717, 1.165) is 0 Å². The highest BCUT2D eigenvalue weighted by molar-refractivity contribution is 8.25. The van der Waals surface area contributed by atoms with Crippen LogP contribution in [0.4, 0.5) is 0 Å². The van der Waals surface area contributed by atoms with Gasteiger partial charge < -0.3 is 9.30 Å². The Morgan fingerprint density at radius 1 is 1.55 bits per heavy atom. The average molecular weight is 317 g/mol. The highest BCUT2D eigenvalue weighted by Crippen LogP contribution is 2.54. The summed E-state index contributed by atoms with van der Waals surface area (Å²) in [5.74, 6) is 0.131. The Labute approximate surface area is 121 Å². The molecule has 0 radical (unpaired) electrons. The number of carbonyl (C=O) groups is 1. The minimum Gasteiger partial charge on any atom is -0.465 e. The maximum Gasteiger partial charge on any atom is 0.338 e. The first-order valence-electron chi connectivity index (χ1n) is 5.90. The monoisotopic (exact) mass is 316 g/mol. The zero-order chi connectivity index (χ0) is 14.5. The molecule has 1 aliphatic heterocycles. The molecule has 2 aromatic heterocycles. The Hall–Kier alpha value is -1.28. The van der Waals surface area contributed by atoms with Gasteiger partial charge in [0.1, 0.15) is 10.8 Å². The van der Waals surface area contributed by atoms with E-state index in [4.69, 9.17) is 16.3 Å². The van der Waals surface area contributed by atoms with Gasteiger partial charge in [-0.3, -0.25) is 9.11 Å². The highest BCUT2D eigenvalue weighted by atomic mass is 35.5. The second-order valence-electron chi connectivity index (χ2n) is 4.73. The zero-order valence-corrected chi connectivity index (χ0v) is 12.2. The van der Waals surface area contributed by atoms with Crippen LogP contribution < -0.4 is 0 Å². The fourth-order valence-electron chi connectivity index (χ4n) is 2.40. The summed E-state index contributed by atoms with van der Waals surface area (Å²) >= 11 is 5.95. The summed E-state index contributed by atoms with van der Waals surface area (Å²) in [6, 6.07) is 3.19. The van der Waals surface area contributed by atoms with E-state index >= 15 is 0 Å². The first kappa shape index (κ1) is 13.7. The number of halogens is 1. The van der Waals surface area contributed by atoms with E-state index in [1.807, 2.05) is 4.57 Å². The van der Waals surface area contributed by atoms with Gasteiger partial charge in [-0.25, -0.2) is 9.78 Å². The smallest absolute Gasteiger partial charge is 0.338 e. The van der Waals surface area contributed by atoms with Gasteiger partial charge in [0, 0.05) is 11.6 Å². The Morgan fingerprint density at radius 3 is 2.85 bits per heavy atom. The number of pyridine rings is 1. The molecule has 0 spiro atoms. The number of hydrogen-bond donors (Lipinski definition) is 2. The van der Waals surface area contributed by atoms with Crippen molar-refractivity contribution in [3.05, 3.63) is 29.0 Å². The first-order chi connectivity index (χ1) is 9.41. The van der Waals surface area contributed by atoms with Gasteiger partial charge in [-0.2, -0.15) is 10.6 Å². The number of aromatic nitrogens is 2. The Balaban J connectivity index is 2.09. The number of methoxy groups -OCH3 is 1. The van der Waals surface area contributed by atoms with Crippen molar-refractivity contribution in [3.8, 4) is 0 Å². The number of esters is 1. The Kier molecular flexibility index (Phi) is 3.17.